The Bertz CT molecular complexity index is 332. The van der Waals surface area contributed by atoms with E-state index in [0.29, 0.717) is 5.92 Å². The molecule has 1 saturated heterocycles. The minimum Gasteiger partial charge on any atom is -0.496 e. The van der Waals surface area contributed by atoms with Gasteiger partial charge in [-0.05, 0) is 32.4 Å². The van der Waals surface area contributed by atoms with Gasteiger partial charge < -0.3 is 10.1 Å². The molecule has 0 saturated carbocycles. The standard InChI is InChI=1S/C12H18N2O/c1-9-11(15-2)5-7-14-12(9)10-4-3-6-13-8-10/h5,7,10,13H,3-4,6,8H2,1-2H3. The summed E-state index contributed by atoms with van der Waals surface area (Å²) < 4.78 is 5.32. The monoisotopic (exact) mass is 206 g/mol. The first-order chi connectivity index (χ1) is 7.33. The zero-order valence-corrected chi connectivity index (χ0v) is 9.42. The Hall–Kier alpha value is -1.09. The van der Waals surface area contributed by atoms with Gasteiger partial charge in [0.1, 0.15) is 5.75 Å². The van der Waals surface area contributed by atoms with E-state index in [2.05, 4.69) is 17.2 Å². The van der Waals surface area contributed by atoms with Crippen molar-refractivity contribution < 1.29 is 4.74 Å². The maximum atomic E-state index is 5.32. The van der Waals surface area contributed by atoms with E-state index in [0.717, 1.165) is 18.8 Å². The fourth-order valence-electron chi connectivity index (χ4n) is 2.25. The Balaban J connectivity index is 2.26. The number of hydrogen-bond acceptors (Lipinski definition) is 3. The van der Waals surface area contributed by atoms with Crippen molar-refractivity contribution in [3.8, 4) is 5.75 Å². The molecule has 0 bridgehead atoms. The highest BCUT2D eigenvalue weighted by Crippen LogP contribution is 2.28. The molecule has 1 aromatic heterocycles. The van der Waals surface area contributed by atoms with Gasteiger partial charge in [-0.25, -0.2) is 0 Å². The van der Waals surface area contributed by atoms with Crippen LogP contribution >= 0.6 is 0 Å². The maximum Gasteiger partial charge on any atom is 0.125 e. The van der Waals surface area contributed by atoms with Crippen molar-refractivity contribution in [2.24, 2.45) is 0 Å². The number of piperidine rings is 1. The molecule has 0 radical (unpaired) electrons. The fourth-order valence-corrected chi connectivity index (χ4v) is 2.25. The molecule has 3 heteroatoms. The zero-order chi connectivity index (χ0) is 10.7. The Labute approximate surface area is 90.9 Å². The van der Waals surface area contributed by atoms with E-state index in [1.807, 2.05) is 12.3 Å². The van der Waals surface area contributed by atoms with Crippen molar-refractivity contribution >= 4 is 0 Å². The number of hydrogen-bond donors (Lipinski definition) is 1. The van der Waals surface area contributed by atoms with Crippen LogP contribution in [0.15, 0.2) is 12.3 Å². The summed E-state index contributed by atoms with van der Waals surface area (Å²) >= 11 is 0. The van der Waals surface area contributed by atoms with Crippen molar-refractivity contribution in [2.45, 2.75) is 25.7 Å². The van der Waals surface area contributed by atoms with E-state index < -0.39 is 0 Å². The molecule has 1 aromatic rings. The van der Waals surface area contributed by atoms with E-state index in [1.165, 1.54) is 24.1 Å². The zero-order valence-electron chi connectivity index (χ0n) is 9.42. The molecule has 2 heterocycles. The van der Waals surface area contributed by atoms with Gasteiger partial charge in [0.15, 0.2) is 0 Å². The smallest absolute Gasteiger partial charge is 0.125 e. The van der Waals surface area contributed by atoms with Gasteiger partial charge in [0.05, 0.1) is 12.8 Å². The van der Waals surface area contributed by atoms with Gasteiger partial charge in [-0.3, -0.25) is 4.98 Å². The third-order valence-corrected chi connectivity index (χ3v) is 3.10. The summed E-state index contributed by atoms with van der Waals surface area (Å²) in [5, 5.41) is 3.42. The van der Waals surface area contributed by atoms with E-state index in [-0.39, 0.29) is 0 Å². The molecule has 1 aliphatic rings. The molecule has 82 valence electrons. The number of nitrogens with one attached hydrogen (secondary N) is 1. The quantitative estimate of drug-likeness (QED) is 0.802. The summed E-state index contributed by atoms with van der Waals surface area (Å²) in [6, 6.07) is 1.93. The molecular weight excluding hydrogens is 188 g/mol. The Kier molecular flexibility index (Phi) is 3.21. The van der Waals surface area contributed by atoms with Crippen LogP contribution in [-0.2, 0) is 0 Å². The summed E-state index contributed by atoms with van der Waals surface area (Å²) in [5.74, 6) is 1.50. The lowest BCUT2D eigenvalue weighted by Gasteiger charge is -2.24. The molecule has 1 N–H and O–H groups in total. The van der Waals surface area contributed by atoms with Gasteiger partial charge in [0.25, 0.3) is 0 Å². The topological polar surface area (TPSA) is 34.1 Å². The normalized spacial score (nSPS) is 21.3. The number of ether oxygens (including phenoxy) is 1. The highest BCUT2D eigenvalue weighted by Gasteiger charge is 2.19. The second-order valence-electron chi connectivity index (χ2n) is 4.07. The molecule has 0 amide bonds. The summed E-state index contributed by atoms with van der Waals surface area (Å²) in [7, 11) is 1.71. The lowest BCUT2D eigenvalue weighted by Crippen LogP contribution is -2.29. The van der Waals surface area contributed by atoms with Crippen LogP contribution in [0.3, 0.4) is 0 Å². The van der Waals surface area contributed by atoms with Gasteiger partial charge in [0.2, 0.25) is 0 Å². The molecular formula is C12H18N2O. The van der Waals surface area contributed by atoms with Crippen molar-refractivity contribution in [3.63, 3.8) is 0 Å². The number of nitrogens with zero attached hydrogens (tertiary/aromatic N) is 1. The maximum absolute atomic E-state index is 5.32. The van der Waals surface area contributed by atoms with Gasteiger partial charge in [-0.2, -0.15) is 0 Å². The van der Waals surface area contributed by atoms with Crippen molar-refractivity contribution in [2.75, 3.05) is 20.2 Å². The first-order valence-electron chi connectivity index (χ1n) is 5.53. The highest BCUT2D eigenvalue weighted by atomic mass is 16.5. The molecule has 0 spiro atoms. The Morgan fingerprint density at radius 3 is 3.07 bits per heavy atom. The first-order valence-corrected chi connectivity index (χ1v) is 5.53. The molecule has 0 aromatic carbocycles. The van der Waals surface area contributed by atoms with Crippen molar-refractivity contribution in [1.29, 1.82) is 0 Å². The largest absolute Gasteiger partial charge is 0.496 e. The van der Waals surface area contributed by atoms with Gasteiger partial charge in [-0.15, -0.1) is 0 Å². The van der Waals surface area contributed by atoms with Gasteiger partial charge >= 0.3 is 0 Å². The second-order valence-corrected chi connectivity index (χ2v) is 4.07. The van der Waals surface area contributed by atoms with Crippen LogP contribution in [0.2, 0.25) is 0 Å². The lowest BCUT2D eigenvalue weighted by molar-refractivity contribution is 0.405. The molecule has 1 aliphatic heterocycles. The van der Waals surface area contributed by atoms with Crippen LogP contribution in [0.4, 0.5) is 0 Å². The van der Waals surface area contributed by atoms with E-state index >= 15 is 0 Å². The molecule has 1 atom stereocenters. The molecule has 15 heavy (non-hydrogen) atoms. The Morgan fingerprint density at radius 1 is 1.53 bits per heavy atom. The van der Waals surface area contributed by atoms with E-state index in [4.69, 9.17) is 4.74 Å². The van der Waals surface area contributed by atoms with Gasteiger partial charge in [-0.1, -0.05) is 0 Å². The second kappa shape index (κ2) is 4.62. The van der Waals surface area contributed by atoms with Crippen molar-refractivity contribution in [1.82, 2.24) is 10.3 Å². The summed E-state index contributed by atoms with van der Waals surface area (Å²) in [6.45, 7) is 4.27. The van der Waals surface area contributed by atoms with Crippen LogP contribution in [0.1, 0.15) is 30.0 Å². The van der Waals surface area contributed by atoms with E-state index in [9.17, 15) is 0 Å². The van der Waals surface area contributed by atoms with Crippen LogP contribution < -0.4 is 10.1 Å². The average molecular weight is 206 g/mol. The minimum atomic E-state index is 0.550. The predicted molar refractivity (Wildman–Crippen MR) is 60.4 cm³/mol. The first kappa shape index (κ1) is 10.4. The summed E-state index contributed by atoms with van der Waals surface area (Å²) in [4.78, 5) is 4.49. The molecule has 2 rings (SSSR count). The summed E-state index contributed by atoms with van der Waals surface area (Å²) in [5.41, 5.74) is 2.38. The minimum absolute atomic E-state index is 0.550. The number of aromatic nitrogens is 1. The van der Waals surface area contributed by atoms with Gasteiger partial charge in [0, 0.05) is 24.2 Å². The highest BCUT2D eigenvalue weighted by molar-refractivity contribution is 5.36. The molecule has 1 fully saturated rings. The van der Waals surface area contributed by atoms with Crippen LogP contribution in [-0.4, -0.2) is 25.2 Å². The van der Waals surface area contributed by atoms with Crippen LogP contribution in [0.5, 0.6) is 5.75 Å². The predicted octanol–water partition coefficient (Wildman–Crippen LogP) is 1.87. The number of methoxy groups -OCH3 is 1. The SMILES string of the molecule is COc1ccnc(C2CCCNC2)c1C. The number of pyridine rings is 1. The average Bonchev–Trinajstić information content (AvgIpc) is 2.30. The molecule has 0 aliphatic carbocycles. The van der Waals surface area contributed by atoms with E-state index in [1.54, 1.807) is 7.11 Å². The molecule has 3 nitrogen and oxygen atoms in total. The fraction of sp³-hybridized carbons (Fsp3) is 0.583. The third kappa shape index (κ3) is 2.12. The summed E-state index contributed by atoms with van der Waals surface area (Å²) in [6.07, 6.45) is 4.31. The van der Waals surface area contributed by atoms with Crippen molar-refractivity contribution in [3.05, 3.63) is 23.5 Å². The molecule has 1 unspecified atom stereocenters. The lowest BCUT2D eigenvalue weighted by atomic mass is 9.93. The third-order valence-electron chi connectivity index (χ3n) is 3.10. The number of rotatable bonds is 2. The Morgan fingerprint density at radius 2 is 2.40 bits per heavy atom. The van der Waals surface area contributed by atoms with Crippen LogP contribution in [0.25, 0.3) is 0 Å². The van der Waals surface area contributed by atoms with Crippen LogP contribution in [0, 0.1) is 6.92 Å².